The van der Waals surface area contributed by atoms with E-state index in [1.807, 2.05) is 36.4 Å². The van der Waals surface area contributed by atoms with E-state index in [-0.39, 0.29) is 30.8 Å². The van der Waals surface area contributed by atoms with Gasteiger partial charge in [0.2, 0.25) is 0 Å². The molecule has 2 aromatic carbocycles. The monoisotopic (exact) mass is 436 g/mol. The lowest BCUT2D eigenvalue weighted by Crippen LogP contribution is -2.19. The Labute approximate surface area is 190 Å². The smallest absolute Gasteiger partial charge is 0.118 e. The van der Waals surface area contributed by atoms with Crippen molar-refractivity contribution in [2.24, 2.45) is 11.1 Å². The highest BCUT2D eigenvalue weighted by Crippen LogP contribution is 2.39. The van der Waals surface area contributed by atoms with Crippen molar-refractivity contribution < 1.29 is 9.50 Å². The van der Waals surface area contributed by atoms with Crippen LogP contribution in [-0.2, 0) is 19.6 Å². The zero-order valence-electron chi connectivity index (χ0n) is 19.0. The molecule has 1 N–H and O–H groups in total. The second kappa shape index (κ2) is 11.8. The summed E-state index contributed by atoms with van der Waals surface area (Å²) in [6.07, 6.45) is 8.39. The average Bonchev–Trinajstić information content (AvgIpc) is 2.79. The van der Waals surface area contributed by atoms with Gasteiger partial charge in [0, 0.05) is 0 Å². The van der Waals surface area contributed by atoms with Gasteiger partial charge in [0.25, 0.3) is 0 Å². The molecule has 4 nitrogen and oxygen atoms in total. The molecule has 0 aromatic heterocycles. The largest absolute Gasteiger partial charge is 0.392 e. The number of hydrogen-bond acceptors (Lipinski definition) is 4. The van der Waals surface area contributed by atoms with E-state index in [1.165, 1.54) is 0 Å². The van der Waals surface area contributed by atoms with Crippen LogP contribution < -0.4 is 0 Å². The molecule has 0 saturated heterocycles. The summed E-state index contributed by atoms with van der Waals surface area (Å²) in [5.74, 6) is 0.139. The molecule has 1 aliphatic carbocycles. The minimum atomic E-state index is -0.187. The van der Waals surface area contributed by atoms with E-state index in [1.54, 1.807) is 12.2 Å². The zero-order valence-corrected chi connectivity index (χ0v) is 19.0. The highest BCUT2D eigenvalue weighted by atomic mass is 19.1. The van der Waals surface area contributed by atoms with Gasteiger partial charge in [0.15, 0.2) is 0 Å². The van der Waals surface area contributed by atoms with Crippen LogP contribution in [0.15, 0.2) is 71.7 Å². The Balaban J connectivity index is 2.03. The van der Waals surface area contributed by atoms with Gasteiger partial charge >= 0.3 is 0 Å². The van der Waals surface area contributed by atoms with Crippen molar-refractivity contribution in [1.29, 1.82) is 0 Å². The highest BCUT2D eigenvalue weighted by molar-refractivity contribution is 5.46. The number of rotatable bonds is 11. The fourth-order valence-corrected chi connectivity index (χ4v) is 4.67. The standard InChI is InChI=1S/C27H33FN2O2/c1-30(2)16-6-9-24(21-10-13-23(28)14-11-21)25-15-12-22(18-29-32)26(27(25)19-31)17-20-7-4-3-5-8-20/h3-5,7-8,10,12-15,21,24,31H,6,9,11,16-19H2,1-2H3. The van der Waals surface area contributed by atoms with Crippen molar-refractivity contribution >= 4 is 0 Å². The Morgan fingerprint density at radius 2 is 1.94 bits per heavy atom. The third-order valence-corrected chi connectivity index (χ3v) is 6.31. The van der Waals surface area contributed by atoms with E-state index in [9.17, 15) is 14.4 Å². The normalized spacial score (nSPS) is 16.8. The number of aliphatic hydroxyl groups is 1. The van der Waals surface area contributed by atoms with Crippen molar-refractivity contribution in [3.05, 3.63) is 99.2 Å². The minimum Gasteiger partial charge on any atom is -0.392 e. The van der Waals surface area contributed by atoms with Gasteiger partial charge in [-0.25, -0.2) is 4.39 Å². The summed E-state index contributed by atoms with van der Waals surface area (Å²) in [7, 11) is 4.12. The maximum atomic E-state index is 13.7. The summed E-state index contributed by atoms with van der Waals surface area (Å²) in [6, 6.07) is 14.1. The molecule has 0 saturated carbocycles. The number of allylic oxidation sites excluding steroid dienone is 4. The van der Waals surface area contributed by atoms with Gasteiger partial charge in [-0.3, -0.25) is 0 Å². The lowest BCUT2D eigenvalue weighted by Gasteiger charge is -2.30. The first-order valence-corrected chi connectivity index (χ1v) is 11.3. The molecular formula is C27H33FN2O2. The molecule has 0 radical (unpaired) electrons. The van der Waals surface area contributed by atoms with Gasteiger partial charge < -0.3 is 10.0 Å². The number of hydrogen-bond donors (Lipinski definition) is 1. The second-order valence-electron chi connectivity index (χ2n) is 8.78. The molecule has 0 aliphatic heterocycles. The Bertz CT molecular complexity index is 954. The third kappa shape index (κ3) is 6.21. The van der Waals surface area contributed by atoms with Gasteiger partial charge in [0.1, 0.15) is 12.4 Å². The second-order valence-corrected chi connectivity index (χ2v) is 8.78. The number of benzene rings is 2. The maximum Gasteiger partial charge on any atom is 0.118 e. The van der Waals surface area contributed by atoms with Crippen molar-refractivity contribution in [1.82, 2.24) is 4.90 Å². The Morgan fingerprint density at radius 1 is 1.16 bits per heavy atom. The zero-order chi connectivity index (χ0) is 22.9. The Morgan fingerprint density at radius 3 is 2.56 bits per heavy atom. The van der Waals surface area contributed by atoms with Crippen LogP contribution in [0.25, 0.3) is 0 Å². The molecule has 3 rings (SSSR count). The van der Waals surface area contributed by atoms with E-state index in [0.717, 1.165) is 47.2 Å². The lowest BCUT2D eigenvalue weighted by atomic mass is 9.76. The van der Waals surface area contributed by atoms with Crippen molar-refractivity contribution in [3.63, 3.8) is 0 Å². The van der Waals surface area contributed by atoms with E-state index >= 15 is 0 Å². The van der Waals surface area contributed by atoms with Crippen LogP contribution in [0, 0.1) is 10.8 Å². The summed E-state index contributed by atoms with van der Waals surface area (Å²) in [4.78, 5) is 13.3. The molecule has 32 heavy (non-hydrogen) atoms. The molecule has 1 aliphatic rings. The minimum absolute atomic E-state index is 0.0814. The number of nitroso groups, excluding NO2 is 1. The first-order valence-electron chi connectivity index (χ1n) is 11.3. The first-order chi connectivity index (χ1) is 15.5. The molecule has 2 aromatic rings. The van der Waals surface area contributed by atoms with Gasteiger partial charge in [-0.2, -0.15) is 4.91 Å². The molecule has 0 bridgehead atoms. The fourth-order valence-electron chi connectivity index (χ4n) is 4.67. The first kappa shape index (κ1) is 24.0. The summed E-state index contributed by atoms with van der Waals surface area (Å²) in [6.45, 7) is 0.947. The quantitative estimate of drug-likeness (QED) is 0.447. The number of nitrogens with zero attached hydrogens (tertiary/aromatic N) is 2. The van der Waals surface area contributed by atoms with Crippen molar-refractivity contribution in [3.8, 4) is 0 Å². The van der Waals surface area contributed by atoms with Crippen LogP contribution in [0.5, 0.6) is 0 Å². The molecule has 0 amide bonds. The summed E-state index contributed by atoms with van der Waals surface area (Å²) in [5, 5.41) is 13.6. The third-order valence-electron chi connectivity index (χ3n) is 6.31. The Kier molecular flexibility index (Phi) is 8.89. The molecule has 5 heteroatoms. The van der Waals surface area contributed by atoms with E-state index in [4.69, 9.17) is 0 Å². The molecule has 2 atom stereocenters. The molecule has 0 heterocycles. The van der Waals surface area contributed by atoms with Crippen LogP contribution in [0.1, 0.15) is 53.0 Å². The van der Waals surface area contributed by atoms with Crippen LogP contribution >= 0.6 is 0 Å². The lowest BCUT2D eigenvalue weighted by molar-refractivity contribution is 0.276. The summed E-state index contributed by atoms with van der Waals surface area (Å²) < 4.78 is 13.7. The molecular weight excluding hydrogens is 403 g/mol. The summed E-state index contributed by atoms with van der Waals surface area (Å²) >= 11 is 0. The van der Waals surface area contributed by atoms with E-state index in [0.29, 0.717) is 12.8 Å². The molecule has 0 fully saturated rings. The highest BCUT2D eigenvalue weighted by Gasteiger charge is 2.26. The molecule has 2 unspecified atom stereocenters. The number of aliphatic hydroxyl groups excluding tert-OH is 1. The van der Waals surface area contributed by atoms with Crippen LogP contribution in [0.4, 0.5) is 4.39 Å². The van der Waals surface area contributed by atoms with Crippen molar-refractivity contribution in [2.75, 3.05) is 20.6 Å². The predicted molar refractivity (Wildman–Crippen MR) is 128 cm³/mol. The topological polar surface area (TPSA) is 52.9 Å². The SMILES string of the molecule is CN(C)CCCC(c1ccc(CN=O)c(Cc2ccccc2)c1CO)C1C=CC(F)=CC1. The van der Waals surface area contributed by atoms with Crippen LogP contribution in [0.2, 0.25) is 0 Å². The van der Waals surface area contributed by atoms with Crippen LogP contribution in [-0.4, -0.2) is 30.6 Å². The van der Waals surface area contributed by atoms with E-state index < -0.39 is 0 Å². The maximum absolute atomic E-state index is 13.7. The van der Waals surface area contributed by atoms with Crippen LogP contribution in [0.3, 0.4) is 0 Å². The fraction of sp³-hybridized carbons (Fsp3) is 0.407. The van der Waals surface area contributed by atoms with Gasteiger partial charge in [0.05, 0.1) is 6.61 Å². The summed E-state index contributed by atoms with van der Waals surface area (Å²) in [5.41, 5.74) is 4.94. The van der Waals surface area contributed by atoms with Gasteiger partial charge in [-0.05, 0) is 98.1 Å². The van der Waals surface area contributed by atoms with Gasteiger partial charge in [-0.15, -0.1) is 0 Å². The molecule has 170 valence electrons. The van der Waals surface area contributed by atoms with Crippen molar-refractivity contribution in [2.45, 2.75) is 44.8 Å². The van der Waals surface area contributed by atoms with E-state index in [2.05, 4.69) is 36.3 Å². The Hall–Kier alpha value is -2.63. The predicted octanol–water partition coefficient (Wildman–Crippen LogP) is 5.89. The average molecular weight is 437 g/mol. The molecule has 0 spiro atoms. The van der Waals surface area contributed by atoms with Gasteiger partial charge in [-0.1, -0.05) is 53.7 Å². The number of halogens is 1.